The number of nitrogens with one attached hydrogen (secondary N) is 1. The molecule has 1 N–H and O–H groups in total. The second kappa shape index (κ2) is 6.80. The molecule has 0 radical (unpaired) electrons. The predicted octanol–water partition coefficient (Wildman–Crippen LogP) is 2.50. The average molecular weight is 310 g/mol. The van der Waals surface area contributed by atoms with Crippen molar-refractivity contribution in [2.24, 2.45) is 0 Å². The Labute approximate surface area is 129 Å². The first kappa shape index (κ1) is 15.6. The Morgan fingerprint density at radius 3 is 2.76 bits per heavy atom. The summed E-state index contributed by atoms with van der Waals surface area (Å²) in [6, 6.07) is 6.58. The summed E-state index contributed by atoms with van der Waals surface area (Å²) in [5.74, 6) is -0.110. The Morgan fingerprint density at radius 2 is 2.10 bits per heavy atom. The lowest BCUT2D eigenvalue weighted by Gasteiger charge is -2.39. The highest BCUT2D eigenvalue weighted by Crippen LogP contribution is 2.27. The minimum atomic E-state index is -0.494. The molecule has 21 heavy (non-hydrogen) atoms. The Kier molecular flexibility index (Phi) is 5.07. The van der Waals surface area contributed by atoms with Crippen LogP contribution in [-0.2, 0) is 4.79 Å². The van der Waals surface area contributed by atoms with Gasteiger partial charge in [0.25, 0.3) is 0 Å². The van der Waals surface area contributed by atoms with E-state index in [9.17, 15) is 9.59 Å². The van der Waals surface area contributed by atoms with Gasteiger partial charge in [-0.05, 0) is 25.5 Å². The zero-order chi connectivity index (χ0) is 15.4. The summed E-state index contributed by atoms with van der Waals surface area (Å²) in [5.41, 5.74) is 0.699. The molecule has 114 valence electrons. The number of hydrogen-bond acceptors (Lipinski definition) is 2. The number of halogens is 1. The standard InChI is InChI=1S/C15H20ClN3O2/c1-3-8-17-15(21)18-9-10-19(14(20)11(18)2)13-7-5-4-6-12(13)16/h4-7,11H,3,8-10H2,1-2H3,(H,17,21). The largest absolute Gasteiger partial charge is 0.338 e. The summed E-state index contributed by atoms with van der Waals surface area (Å²) in [6.45, 7) is 5.30. The quantitative estimate of drug-likeness (QED) is 0.932. The van der Waals surface area contributed by atoms with Crippen LogP contribution >= 0.6 is 11.6 Å². The Hall–Kier alpha value is -1.75. The zero-order valence-corrected chi connectivity index (χ0v) is 13.1. The zero-order valence-electron chi connectivity index (χ0n) is 12.3. The maximum atomic E-state index is 12.5. The molecular weight excluding hydrogens is 290 g/mol. The van der Waals surface area contributed by atoms with Crippen LogP contribution in [0.4, 0.5) is 10.5 Å². The molecule has 1 aromatic rings. The van der Waals surface area contributed by atoms with Gasteiger partial charge in [0, 0.05) is 19.6 Å². The molecule has 6 heteroatoms. The second-order valence-corrected chi connectivity index (χ2v) is 5.45. The van der Waals surface area contributed by atoms with Crippen LogP contribution in [0.1, 0.15) is 20.3 Å². The number of anilines is 1. The molecular formula is C15H20ClN3O2. The van der Waals surface area contributed by atoms with Crippen LogP contribution in [0.5, 0.6) is 0 Å². The summed E-state index contributed by atoms with van der Waals surface area (Å²) in [5, 5.41) is 3.35. The summed E-state index contributed by atoms with van der Waals surface area (Å²) < 4.78 is 0. The summed E-state index contributed by atoms with van der Waals surface area (Å²) in [4.78, 5) is 27.8. The molecule has 1 aliphatic rings. The Morgan fingerprint density at radius 1 is 1.38 bits per heavy atom. The predicted molar refractivity (Wildman–Crippen MR) is 83.7 cm³/mol. The summed E-state index contributed by atoms with van der Waals surface area (Å²) in [7, 11) is 0. The highest BCUT2D eigenvalue weighted by atomic mass is 35.5. The first-order valence-corrected chi connectivity index (χ1v) is 7.54. The van der Waals surface area contributed by atoms with Crippen LogP contribution in [-0.4, -0.2) is 42.5 Å². The molecule has 1 unspecified atom stereocenters. The van der Waals surface area contributed by atoms with Crippen LogP contribution < -0.4 is 10.2 Å². The molecule has 1 atom stereocenters. The van der Waals surface area contributed by atoms with Gasteiger partial charge in [-0.1, -0.05) is 30.7 Å². The van der Waals surface area contributed by atoms with Gasteiger partial charge in [-0.25, -0.2) is 4.79 Å². The molecule has 3 amide bonds. The van der Waals surface area contributed by atoms with Gasteiger partial charge in [0.1, 0.15) is 6.04 Å². The lowest BCUT2D eigenvalue weighted by Crippen LogP contribution is -2.59. The van der Waals surface area contributed by atoms with Crippen LogP contribution in [0.15, 0.2) is 24.3 Å². The lowest BCUT2D eigenvalue weighted by molar-refractivity contribution is -0.124. The number of para-hydroxylation sites is 1. The number of amides is 3. The van der Waals surface area contributed by atoms with E-state index in [1.54, 1.807) is 22.8 Å². The van der Waals surface area contributed by atoms with Crippen molar-refractivity contribution in [2.75, 3.05) is 24.5 Å². The van der Waals surface area contributed by atoms with Gasteiger partial charge in [-0.2, -0.15) is 0 Å². The number of urea groups is 1. The van der Waals surface area contributed by atoms with E-state index < -0.39 is 6.04 Å². The van der Waals surface area contributed by atoms with Crippen molar-refractivity contribution < 1.29 is 9.59 Å². The topological polar surface area (TPSA) is 52.7 Å². The number of benzene rings is 1. The van der Waals surface area contributed by atoms with Gasteiger partial charge in [0.05, 0.1) is 10.7 Å². The van der Waals surface area contributed by atoms with Crippen molar-refractivity contribution in [1.29, 1.82) is 0 Å². The third-order valence-electron chi connectivity index (χ3n) is 3.59. The third-order valence-corrected chi connectivity index (χ3v) is 3.91. The van der Waals surface area contributed by atoms with Crippen LogP contribution in [0, 0.1) is 0 Å². The van der Waals surface area contributed by atoms with E-state index in [0.29, 0.717) is 30.3 Å². The molecule has 1 aliphatic heterocycles. The minimum Gasteiger partial charge on any atom is -0.338 e. The van der Waals surface area contributed by atoms with E-state index in [1.807, 2.05) is 25.1 Å². The molecule has 1 fully saturated rings. The van der Waals surface area contributed by atoms with E-state index in [0.717, 1.165) is 6.42 Å². The third kappa shape index (κ3) is 3.29. The number of rotatable bonds is 3. The van der Waals surface area contributed by atoms with Gasteiger partial charge in [-0.3, -0.25) is 4.79 Å². The molecule has 1 heterocycles. The van der Waals surface area contributed by atoms with Crippen molar-refractivity contribution in [3.63, 3.8) is 0 Å². The van der Waals surface area contributed by atoms with Crippen molar-refractivity contribution >= 4 is 29.2 Å². The maximum Gasteiger partial charge on any atom is 0.318 e. The summed E-state index contributed by atoms with van der Waals surface area (Å²) >= 11 is 6.15. The minimum absolute atomic E-state index is 0.110. The fourth-order valence-corrected chi connectivity index (χ4v) is 2.63. The number of hydrogen-bond donors (Lipinski definition) is 1. The molecule has 1 aromatic carbocycles. The molecule has 1 saturated heterocycles. The first-order valence-electron chi connectivity index (χ1n) is 7.16. The number of carbonyl (C=O) groups is 2. The van der Waals surface area contributed by atoms with Gasteiger partial charge in [0.2, 0.25) is 5.91 Å². The van der Waals surface area contributed by atoms with Gasteiger partial charge in [0.15, 0.2) is 0 Å². The molecule has 0 aromatic heterocycles. The first-order chi connectivity index (χ1) is 10.1. The van der Waals surface area contributed by atoms with E-state index in [4.69, 9.17) is 11.6 Å². The second-order valence-electron chi connectivity index (χ2n) is 5.04. The molecule has 0 saturated carbocycles. The van der Waals surface area contributed by atoms with Crippen molar-refractivity contribution in [1.82, 2.24) is 10.2 Å². The number of piperazine rings is 1. The highest BCUT2D eigenvalue weighted by Gasteiger charge is 2.35. The van der Waals surface area contributed by atoms with E-state index in [1.165, 1.54) is 0 Å². The fraction of sp³-hybridized carbons (Fsp3) is 0.467. The average Bonchev–Trinajstić information content (AvgIpc) is 2.48. The Balaban J connectivity index is 2.11. The summed E-state index contributed by atoms with van der Waals surface area (Å²) in [6.07, 6.45) is 0.869. The Bertz CT molecular complexity index is 535. The van der Waals surface area contributed by atoms with Crippen LogP contribution in [0.2, 0.25) is 5.02 Å². The van der Waals surface area contributed by atoms with Gasteiger partial charge < -0.3 is 15.1 Å². The maximum absolute atomic E-state index is 12.5. The van der Waals surface area contributed by atoms with E-state index >= 15 is 0 Å². The fourth-order valence-electron chi connectivity index (χ4n) is 2.39. The number of carbonyl (C=O) groups excluding carboxylic acids is 2. The van der Waals surface area contributed by atoms with Crippen LogP contribution in [0.25, 0.3) is 0 Å². The van der Waals surface area contributed by atoms with Crippen molar-refractivity contribution in [3.8, 4) is 0 Å². The number of nitrogens with zero attached hydrogens (tertiary/aromatic N) is 2. The molecule has 2 rings (SSSR count). The normalized spacial score (nSPS) is 18.8. The van der Waals surface area contributed by atoms with E-state index in [-0.39, 0.29) is 11.9 Å². The van der Waals surface area contributed by atoms with Crippen LogP contribution in [0.3, 0.4) is 0 Å². The highest BCUT2D eigenvalue weighted by molar-refractivity contribution is 6.33. The van der Waals surface area contributed by atoms with Crippen molar-refractivity contribution in [2.45, 2.75) is 26.3 Å². The van der Waals surface area contributed by atoms with Crippen molar-refractivity contribution in [3.05, 3.63) is 29.3 Å². The lowest BCUT2D eigenvalue weighted by atomic mass is 10.1. The monoisotopic (exact) mass is 309 g/mol. The molecule has 0 aliphatic carbocycles. The molecule has 0 spiro atoms. The van der Waals surface area contributed by atoms with E-state index in [2.05, 4.69) is 5.32 Å². The van der Waals surface area contributed by atoms with Gasteiger partial charge in [-0.15, -0.1) is 0 Å². The SMILES string of the molecule is CCCNC(=O)N1CCN(c2ccccc2Cl)C(=O)C1C. The molecule has 0 bridgehead atoms. The smallest absolute Gasteiger partial charge is 0.318 e. The van der Waals surface area contributed by atoms with Gasteiger partial charge >= 0.3 is 6.03 Å². The molecule has 5 nitrogen and oxygen atoms in total.